The summed E-state index contributed by atoms with van der Waals surface area (Å²) in [6.45, 7) is 8.56. The predicted molar refractivity (Wildman–Crippen MR) is 319 cm³/mol. The fourth-order valence-electron chi connectivity index (χ4n) is 13.3. The number of hydrogen-bond acceptors (Lipinski definition) is 17. The van der Waals surface area contributed by atoms with Crippen molar-refractivity contribution in [2.45, 2.75) is 190 Å². The minimum absolute atomic E-state index is 0.107. The number of aromatic amines is 1. The lowest BCUT2D eigenvalue weighted by molar-refractivity contribution is -0.397. The average molecular weight is 1240 g/mol. The van der Waals surface area contributed by atoms with E-state index >= 15 is 0 Å². The molecule has 4 aromatic rings. The van der Waals surface area contributed by atoms with Crippen LogP contribution in [0.25, 0.3) is 0 Å². The number of fused-ring (bicyclic) bond motifs is 4. The van der Waals surface area contributed by atoms with Crippen LogP contribution >= 0.6 is 0 Å². The van der Waals surface area contributed by atoms with Gasteiger partial charge in [0.25, 0.3) is 5.56 Å². The summed E-state index contributed by atoms with van der Waals surface area (Å²) in [7, 11) is 2.93. The van der Waals surface area contributed by atoms with Crippen LogP contribution in [0.15, 0.2) is 89.0 Å². The molecule has 0 radical (unpaired) electrons. The van der Waals surface area contributed by atoms with Gasteiger partial charge >= 0.3 is 23.6 Å². The van der Waals surface area contributed by atoms with Gasteiger partial charge in [0.05, 0.1) is 58.1 Å². The van der Waals surface area contributed by atoms with E-state index < -0.39 is 78.2 Å². The van der Waals surface area contributed by atoms with Crippen molar-refractivity contribution >= 4 is 17.9 Å². The van der Waals surface area contributed by atoms with Crippen molar-refractivity contribution in [3.63, 3.8) is 0 Å². The molecule has 14 unspecified atom stereocenters. The van der Waals surface area contributed by atoms with E-state index in [1.165, 1.54) is 77.2 Å². The number of nitrogens with one attached hydrogen (secondary N) is 1. The van der Waals surface area contributed by atoms with Crippen LogP contribution < -0.4 is 11.2 Å². The second-order valence-corrected chi connectivity index (χ2v) is 23.7. The quantitative estimate of drug-likeness (QED) is 0.0299. The molecule has 25 heteroatoms. The summed E-state index contributed by atoms with van der Waals surface area (Å²) in [6.07, 6.45) is 7.67. The molecule has 0 amide bonds. The number of allylic oxidation sites excluding steroid dienone is 1. The molecule has 21 nitrogen and oxygen atoms in total. The maximum absolute atomic E-state index is 13.5. The van der Waals surface area contributed by atoms with E-state index in [9.17, 15) is 52.0 Å². The number of benzene rings is 2. The summed E-state index contributed by atoms with van der Waals surface area (Å²) in [5, 5.41) is 55.6. The zero-order chi connectivity index (χ0) is 64.5. The Kier molecular flexibility index (Phi) is 26.9. The smallest absolute Gasteiger partial charge is 0.434 e. The minimum Gasteiger partial charge on any atom is -0.469 e. The fraction of sp³-hybridized carbons (Fsp3) is 0.635. The van der Waals surface area contributed by atoms with E-state index in [-0.39, 0.29) is 85.9 Å². The molecule has 488 valence electrons. The first kappa shape index (κ1) is 70.7. The number of aliphatic hydroxyl groups is 5. The van der Waals surface area contributed by atoms with E-state index in [2.05, 4.69) is 82.1 Å². The van der Waals surface area contributed by atoms with Crippen LogP contribution in [0.3, 0.4) is 0 Å². The fourth-order valence-corrected chi connectivity index (χ4v) is 13.3. The highest BCUT2D eigenvalue weighted by Crippen LogP contribution is 2.49. The number of aliphatic hydroxyl groups excluding tert-OH is 5. The molecule has 2 aromatic heterocycles. The van der Waals surface area contributed by atoms with Gasteiger partial charge in [0.15, 0.2) is 6.17 Å². The highest BCUT2D eigenvalue weighted by atomic mass is 18.2. The van der Waals surface area contributed by atoms with Gasteiger partial charge in [-0.25, -0.2) is 22.5 Å². The van der Waals surface area contributed by atoms with Gasteiger partial charge in [-0.05, 0) is 120 Å². The monoisotopic (exact) mass is 1240 g/mol. The number of halogens is 4. The van der Waals surface area contributed by atoms with E-state index in [1.54, 1.807) is 6.92 Å². The molecule has 1 aliphatic carbocycles. The second kappa shape index (κ2) is 33.5. The third-order valence-electron chi connectivity index (χ3n) is 18.1. The molecule has 7 heterocycles. The summed E-state index contributed by atoms with van der Waals surface area (Å²) < 4.78 is 69.3. The highest BCUT2D eigenvalue weighted by Gasteiger charge is 2.52. The zero-order valence-corrected chi connectivity index (χ0v) is 51.2. The van der Waals surface area contributed by atoms with Gasteiger partial charge < -0.3 is 54.8 Å². The summed E-state index contributed by atoms with van der Waals surface area (Å²) in [6, 6.07) is 17.8. The third kappa shape index (κ3) is 17.5. The maximum Gasteiger partial charge on any atom is 0.434 e. The number of hydrogen-bond donors (Lipinski definition) is 6. The van der Waals surface area contributed by atoms with Gasteiger partial charge in [-0.1, -0.05) is 71.6 Å². The number of nitrogens with zero attached hydrogens (tertiary/aromatic N) is 6. The molecule has 10 rings (SSSR count). The van der Waals surface area contributed by atoms with Crippen LogP contribution in [-0.4, -0.2) is 186 Å². The molecular weight excluding hydrogens is 1150 g/mol. The van der Waals surface area contributed by atoms with Crippen LogP contribution in [0.2, 0.25) is 0 Å². The number of methoxy groups -OCH3 is 2. The van der Waals surface area contributed by atoms with Crippen LogP contribution in [0.1, 0.15) is 124 Å². The summed E-state index contributed by atoms with van der Waals surface area (Å²) in [5.41, 5.74) is 4.37. The van der Waals surface area contributed by atoms with Crippen LogP contribution in [0.5, 0.6) is 0 Å². The zero-order valence-electron chi connectivity index (χ0n) is 51.2. The van der Waals surface area contributed by atoms with Crippen LogP contribution in [0.4, 0.5) is 23.5 Å². The van der Waals surface area contributed by atoms with Crippen LogP contribution in [0, 0.1) is 48.6 Å². The number of carbonyl (C=O) groups is 2. The summed E-state index contributed by atoms with van der Waals surface area (Å²) in [5.74, 6) is -0.859. The van der Waals surface area contributed by atoms with Gasteiger partial charge in [0.2, 0.25) is 0 Å². The Hall–Kier alpha value is -6.35. The van der Waals surface area contributed by atoms with Crippen molar-refractivity contribution in [1.82, 2.24) is 28.9 Å². The van der Waals surface area contributed by atoms with Crippen molar-refractivity contribution in [1.29, 1.82) is 0 Å². The number of ether oxygens (including phenoxy) is 3. The highest BCUT2D eigenvalue weighted by molar-refractivity contribution is 5.75. The molecular formula is C63H89F4N7O14. The maximum atomic E-state index is 13.5. The Morgan fingerprint density at radius 3 is 1.95 bits per heavy atom. The van der Waals surface area contributed by atoms with E-state index in [0.29, 0.717) is 36.9 Å². The van der Waals surface area contributed by atoms with Crippen molar-refractivity contribution in [2.75, 3.05) is 47.3 Å². The molecule has 6 fully saturated rings. The van der Waals surface area contributed by atoms with E-state index in [1.807, 2.05) is 13.1 Å². The topological polar surface area (TPSA) is 285 Å². The Morgan fingerprint density at radius 1 is 0.841 bits per heavy atom. The number of rotatable bonds is 16. The standard InChI is InChI=1S/C19H26FNO2.C19H24FNO2.C11H15FN2O3.C7H13FO4.C7H11N3O3/c2*1-13-4-6-14(7-5-13)16-12-15-8-9-17(18(16)19(22)23-2)21(15)11-3-10-20;1-6-4-14(11(17)13-10(6)16)8-2-7(5-15)9(12)3-8;1-3-5(8)7(11)6(10)4(2-9)12-3;1-2-6(11)5-9-4-3-8-7(9)10(12)13/h4-7,15-18H,3,8-12H2,1-2H3;3-7,11,15-18H,8-10,12H2,1-2H3;4,7-9,15H,2-3,5H2,1H3,(H,13,16,17);3-7,9-11H,2H2,1H3;3-4,6,11H,2,5H2,1H3/b;11-3+;;;/t15?,16?,17?,18-;;7-,8-,9?;;/m0.1../s1/i2*20-1;12-1;8-1;. The van der Waals surface area contributed by atoms with Crippen molar-refractivity contribution < 1.29 is 71.8 Å². The van der Waals surface area contributed by atoms with E-state index in [0.717, 1.165) is 45.1 Å². The molecule has 17 atom stereocenters. The molecule has 2 aromatic carbocycles. The first-order chi connectivity index (χ1) is 42.0. The Morgan fingerprint density at radius 2 is 1.42 bits per heavy atom. The Balaban J connectivity index is 0.000000180. The third-order valence-corrected chi connectivity index (χ3v) is 18.1. The molecule has 0 spiro atoms. The number of alkyl halides is 4. The van der Waals surface area contributed by atoms with E-state index in [4.69, 9.17) is 34.6 Å². The van der Waals surface area contributed by atoms with Crippen molar-refractivity contribution in [3.05, 3.63) is 138 Å². The van der Waals surface area contributed by atoms with Gasteiger partial charge in [-0.3, -0.25) is 33.2 Å². The molecule has 1 saturated carbocycles. The van der Waals surface area contributed by atoms with Crippen molar-refractivity contribution in [2.24, 2.45) is 17.8 Å². The van der Waals surface area contributed by atoms with Gasteiger partial charge in [-0.15, -0.1) is 0 Å². The SMILES string of the molecule is CC1OC(CO)C(O)C(O)C1[18F].CCC(O)Cn1ccnc1[N+](=O)[O-].COC(=O)C1C(c2ccc(C)cc2)CC2CCC1N2/C=C/C[18F].COC(=O)[C@H]1C(c2ccc(C)cc2)CC2CCC1N2CCC[18F].Cc1cn([C@H]2CC([18F])[C@@H](CO)C2)c(=O)[nH]c1=O. The number of imidazole rings is 1. The lowest BCUT2D eigenvalue weighted by Gasteiger charge is -2.43. The predicted octanol–water partition coefficient (Wildman–Crippen LogP) is 6.57. The number of nitro groups is 1. The van der Waals surface area contributed by atoms with Crippen LogP contribution in [-0.2, 0) is 30.3 Å². The Bertz CT molecular complexity index is 2980. The first-order valence-electron chi connectivity index (χ1n) is 30.3. The average Bonchev–Trinajstić information content (AvgIpc) is 2.06. The molecule has 5 saturated heterocycles. The first-order valence-corrected chi connectivity index (χ1v) is 30.3. The second-order valence-electron chi connectivity index (χ2n) is 23.7. The van der Waals surface area contributed by atoms with Gasteiger partial charge in [-0.2, -0.15) is 0 Å². The molecule has 5 aliphatic heterocycles. The Labute approximate surface area is 510 Å². The normalized spacial score (nSPS) is 29.9. The van der Waals surface area contributed by atoms with Gasteiger partial charge in [0.1, 0.15) is 43.6 Å². The number of H-pyrrole nitrogens is 1. The number of esters is 2. The minimum atomic E-state index is -1.59. The number of aryl methyl sites for hydroxylation is 3. The molecule has 6 N–H and O–H groups in total. The molecule has 88 heavy (non-hydrogen) atoms. The number of piperidine rings is 2. The number of carbonyl (C=O) groups excluding carboxylic acids is 2. The molecule has 4 bridgehead atoms. The largest absolute Gasteiger partial charge is 0.469 e. The molecule has 6 aliphatic rings. The lowest BCUT2D eigenvalue weighted by Crippen LogP contribution is -2.56. The van der Waals surface area contributed by atoms with Crippen molar-refractivity contribution in [3.8, 4) is 0 Å². The lowest BCUT2D eigenvalue weighted by atomic mass is 9.76. The van der Waals surface area contributed by atoms with Gasteiger partial charge in [0, 0.05) is 72.9 Å². The summed E-state index contributed by atoms with van der Waals surface area (Å²) >= 11 is 0. The summed E-state index contributed by atoms with van der Waals surface area (Å²) in [4.78, 5) is 67.9. The number of aromatic nitrogens is 4.